The molecule has 0 spiro atoms. The first-order chi connectivity index (χ1) is 17.5. The van der Waals surface area contributed by atoms with E-state index in [9.17, 15) is 13.2 Å². The van der Waals surface area contributed by atoms with Gasteiger partial charge >= 0.3 is 0 Å². The minimum atomic E-state index is -4.26. The lowest BCUT2D eigenvalue weighted by molar-refractivity contribution is 0.0981. The van der Waals surface area contributed by atoms with Crippen LogP contribution in [0.5, 0.6) is 5.88 Å². The first kappa shape index (κ1) is 26.8. The van der Waals surface area contributed by atoms with Gasteiger partial charge in [-0.15, -0.1) is 0 Å². The molecular weight excluding hydrogens is 560 g/mol. The molecule has 2 atom stereocenters. The first-order valence-corrected chi connectivity index (χ1v) is 14.2. The van der Waals surface area contributed by atoms with E-state index < -0.39 is 15.9 Å². The fourth-order valence-corrected chi connectivity index (χ4v) is 5.79. The van der Waals surface area contributed by atoms with Crippen molar-refractivity contribution in [3.63, 3.8) is 0 Å². The standard InChI is InChI=1S/C25H29BrN6O4S.2H2/c1-14(2)36-21-11-10-17(13-28-21)23-19(26)12-18(24(30-23)32-15(3)8-9-16(32)4)25(33)31-37(34,35)22-7-5-6-20(27)29-22;;/h5-7,10-16H,8-9H2,1-4H3,(H2,27,29)(H,31,33);2*1H/t15-,16+;;. The van der Waals surface area contributed by atoms with Gasteiger partial charge in [-0.2, -0.15) is 8.42 Å². The van der Waals surface area contributed by atoms with Crippen LogP contribution < -0.4 is 20.1 Å². The highest BCUT2D eigenvalue weighted by Gasteiger charge is 2.33. The number of aromatic nitrogens is 3. The number of hydrogen-bond donors (Lipinski definition) is 2. The lowest BCUT2D eigenvalue weighted by atomic mass is 10.1. The van der Waals surface area contributed by atoms with Crippen LogP contribution in [0, 0.1) is 0 Å². The quantitative estimate of drug-likeness (QED) is 0.400. The number of carbonyl (C=O) groups excluding carboxylic acids is 1. The van der Waals surface area contributed by atoms with Crippen LogP contribution in [0.3, 0.4) is 0 Å². The molecule has 0 aromatic carbocycles. The summed E-state index contributed by atoms with van der Waals surface area (Å²) >= 11 is 3.52. The van der Waals surface area contributed by atoms with Crippen molar-refractivity contribution >= 4 is 43.5 Å². The van der Waals surface area contributed by atoms with Crippen LogP contribution in [0.1, 0.15) is 53.7 Å². The number of pyridine rings is 3. The summed E-state index contributed by atoms with van der Waals surface area (Å²) in [7, 11) is -4.26. The Hall–Kier alpha value is -3.25. The van der Waals surface area contributed by atoms with E-state index in [-0.39, 0.29) is 37.4 Å². The highest BCUT2D eigenvalue weighted by atomic mass is 79.9. The number of nitrogens with two attached hydrogens (primary N) is 1. The minimum Gasteiger partial charge on any atom is -0.475 e. The van der Waals surface area contributed by atoms with Crippen molar-refractivity contribution in [2.24, 2.45) is 0 Å². The van der Waals surface area contributed by atoms with E-state index >= 15 is 0 Å². The van der Waals surface area contributed by atoms with Gasteiger partial charge in [0.1, 0.15) is 11.6 Å². The summed E-state index contributed by atoms with van der Waals surface area (Å²) in [5.41, 5.74) is 7.04. The molecule has 0 unspecified atom stereocenters. The number of ether oxygens (including phenoxy) is 1. The number of anilines is 2. The van der Waals surface area contributed by atoms with Gasteiger partial charge in [0.2, 0.25) is 5.88 Å². The normalized spacial score (nSPS) is 17.7. The summed E-state index contributed by atoms with van der Waals surface area (Å²) in [5.74, 6) is 0.103. The van der Waals surface area contributed by atoms with Crippen LogP contribution in [0.15, 0.2) is 52.1 Å². The Balaban J connectivity index is 0.00000267. The number of sulfonamides is 1. The molecule has 0 bridgehead atoms. The Bertz CT molecular complexity index is 1420. The molecule has 10 nitrogen and oxygen atoms in total. The molecule has 12 heteroatoms. The highest BCUT2D eigenvalue weighted by molar-refractivity contribution is 9.10. The fourth-order valence-electron chi connectivity index (χ4n) is 4.30. The molecule has 0 saturated carbocycles. The zero-order valence-corrected chi connectivity index (χ0v) is 23.4. The van der Waals surface area contributed by atoms with Gasteiger partial charge in [0.15, 0.2) is 5.03 Å². The third kappa shape index (κ3) is 5.85. The zero-order chi connectivity index (χ0) is 26.9. The summed E-state index contributed by atoms with van der Waals surface area (Å²) in [6.45, 7) is 7.96. The molecule has 1 amide bonds. The molecule has 0 aliphatic carbocycles. The Morgan fingerprint density at radius 3 is 2.49 bits per heavy atom. The second-order valence-electron chi connectivity index (χ2n) is 9.26. The van der Waals surface area contributed by atoms with Crippen LogP contribution in [0.2, 0.25) is 0 Å². The number of nitrogen functional groups attached to an aromatic ring is 1. The van der Waals surface area contributed by atoms with Crippen molar-refractivity contribution in [2.75, 3.05) is 10.6 Å². The minimum absolute atomic E-state index is 0. The van der Waals surface area contributed by atoms with Crippen molar-refractivity contribution < 1.29 is 20.8 Å². The third-order valence-corrected chi connectivity index (χ3v) is 7.85. The SMILES string of the molecule is CC(C)Oc1ccc(-c2nc(N3[C@H](C)CC[C@@H]3C)c(C(=O)NS(=O)(=O)c3cccc(N)n3)cc2Br)cn1.[HH].[HH]. The molecule has 1 fully saturated rings. The van der Waals surface area contributed by atoms with Crippen molar-refractivity contribution in [3.8, 4) is 17.1 Å². The van der Waals surface area contributed by atoms with Gasteiger partial charge < -0.3 is 15.4 Å². The first-order valence-electron chi connectivity index (χ1n) is 11.9. The summed E-state index contributed by atoms with van der Waals surface area (Å²) in [6.07, 6.45) is 3.48. The predicted octanol–water partition coefficient (Wildman–Crippen LogP) is 4.66. The Kier molecular flexibility index (Phi) is 7.69. The number of amides is 1. The summed E-state index contributed by atoms with van der Waals surface area (Å²) < 4.78 is 34.1. The van der Waals surface area contributed by atoms with Gasteiger partial charge in [-0.05, 0) is 80.7 Å². The molecule has 0 radical (unpaired) electrons. The zero-order valence-electron chi connectivity index (χ0n) is 21.0. The van der Waals surface area contributed by atoms with Crippen LogP contribution >= 0.6 is 15.9 Å². The van der Waals surface area contributed by atoms with E-state index in [4.69, 9.17) is 15.5 Å². The topological polar surface area (TPSA) is 140 Å². The molecule has 3 N–H and O–H groups in total. The molecule has 3 aromatic heterocycles. The predicted molar refractivity (Wildman–Crippen MR) is 149 cm³/mol. The van der Waals surface area contributed by atoms with E-state index in [0.717, 1.165) is 12.8 Å². The van der Waals surface area contributed by atoms with E-state index in [1.807, 2.05) is 19.9 Å². The van der Waals surface area contributed by atoms with Crippen molar-refractivity contribution in [1.82, 2.24) is 19.7 Å². The van der Waals surface area contributed by atoms with Gasteiger partial charge in [-0.1, -0.05) is 6.07 Å². The number of nitrogens with zero attached hydrogens (tertiary/aromatic N) is 4. The second-order valence-corrected chi connectivity index (χ2v) is 11.7. The van der Waals surface area contributed by atoms with E-state index in [0.29, 0.717) is 27.4 Å². The van der Waals surface area contributed by atoms with Crippen LogP contribution in [0.25, 0.3) is 11.3 Å². The molecule has 1 aliphatic heterocycles. The van der Waals surface area contributed by atoms with Crippen molar-refractivity contribution in [1.29, 1.82) is 0 Å². The highest BCUT2D eigenvalue weighted by Crippen LogP contribution is 2.37. The Labute approximate surface area is 227 Å². The number of rotatable bonds is 7. The third-order valence-electron chi connectivity index (χ3n) is 6.01. The molecule has 3 aromatic rings. The van der Waals surface area contributed by atoms with Crippen LogP contribution in [-0.2, 0) is 10.0 Å². The summed E-state index contributed by atoms with van der Waals surface area (Å²) in [5, 5.41) is -0.344. The van der Waals surface area contributed by atoms with Crippen LogP contribution in [0.4, 0.5) is 11.6 Å². The second kappa shape index (κ2) is 10.6. The number of nitrogens with one attached hydrogen (secondary N) is 1. The average molecular weight is 594 g/mol. The molecule has 1 saturated heterocycles. The maximum atomic E-state index is 13.4. The number of hydrogen-bond acceptors (Lipinski definition) is 9. The fraction of sp³-hybridized carbons (Fsp3) is 0.360. The Morgan fingerprint density at radius 2 is 1.89 bits per heavy atom. The molecule has 4 heterocycles. The monoisotopic (exact) mass is 592 g/mol. The maximum Gasteiger partial charge on any atom is 0.281 e. The van der Waals surface area contributed by atoms with E-state index in [2.05, 4.69) is 49.4 Å². The van der Waals surface area contributed by atoms with Crippen molar-refractivity contribution in [2.45, 2.75) is 63.8 Å². The average Bonchev–Trinajstić information content (AvgIpc) is 3.16. The summed E-state index contributed by atoms with van der Waals surface area (Å²) in [6, 6.07) is 9.60. The van der Waals surface area contributed by atoms with Crippen molar-refractivity contribution in [3.05, 3.63) is 52.6 Å². The van der Waals surface area contributed by atoms with Gasteiger partial charge in [0.25, 0.3) is 15.9 Å². The largest absolute Gasteiger partial charge is 0.475 e. The Morgan fingerprint density at radius 1 is 1.19 bits per heavy atom. The number of halogens is 1. The van der Waals surface area contributed by atoms with E-state index in [1.165, 1.54) is 18.2 Å². The smallest absolute Gasteiger partial charge is 0.281 e. The van der Waals surface area contributed by atoms with Gasteiger partial charge in [0, 0.05) is 37.2 Å². The molecule has 37 heavy (non-hydrogen) atoms. The van der Waals surface area contributed by atoms with Crippen LogP contribution in [-0.4, -0.2) is 47.5 Å². The molecular formula is C25H33BrN6O4S. The summed E-state index contributed by atoms with van der Waals surface area (Å²) in [4.78, 5) is 28.5. The molecule has 4 rings (SSSR count). The van der Waals surface area contributed by atoms with Gasteiger partial charge in [-0.3, -0.25) is 4.79 Å². The maximum absolute atomic E-state index is 13.4. The lowest BCUT2D eigenvalue weighted by Crippen LogP contribution is -2.37. The lowest BCUT2D eigenvalue weighted by Gasteiger charge is -2.30. The van der Waals surface area contributed by atoms with E-state index in [1.54, 1.807) is 18.3 Å². The van der Waals surface area contributed by atoms with Gasteiger partial charge in [0.05, 0.1) is 17.4 Å². The molecule has 1 aliphatic rings. The van der Waals surface area contributed by atoms with Gasteiger partial charge in [-0.25, -0.2) is 19.7 Å². The number of carbonyl (C=O) groups is 1. The molecule has 200 valence electrons.